The molecule has 0 N–H and O–H groups in total. The topological polar surface area (TPSA) is 0 Å². The molecule has 0 aliphatic rings. The molecule has 0 unspecified atom stereocenters. The zero-order valence-corrected chi connectivity index (χ0v) is 13.2. The van der Waals surface area contributed by atoms with Crippen molar-refractivity contribution in [1.29, 1.82) is 0 Å². The Bertz CT molecular complexity index is 42.2. The summed E-state index contributed by atoms with van der Waals surface area (Å²) >= 11 is 0. The summed E-state index contributed by atoms with van der Waals surface area (Å²) in [5.74, 6) is 0. The Morgan fingerprint density at radius 1 is 1.33 bits per heavy atom. The minimum atomic E-state index is 0.626. The van der Waals surface area contributed by atoms with Crippen molar-refractivity contribution in [3.05, 3.63) is 0 Å². The van der Waals surface area contributed by atoms with Gasteiger partial charge in [-0.1, -0.05) is 32.2 Å². The predicted octanol–water partition coefficient (Wildman–Crippen LogP) is -1.79. The van der Waals surface area contributed by atoms with Crippen molar-refractivity contribution < 1.29 is 0 Å². The molecule has 0 radical (unpaired) electrons. The van der Waals surface area contributed by atoms with Gasteiger partial charge in [-0.3, -0.25) is 0 Å². The lowest BCUT2D eigenvalue weighted by molar-refractivity contribution is 0.770. The normalized spacial score (nSPS) is 14.3. The molecule has 0 rings (SSSR count). The summed E-state index contributed by atoms with van der Waals surface area (Å²) < 4.78 is 0. The summed E-state index contributed by atoms with van der Waals surface area (Å²) in [7, 11) is 3.72. The quantitative estimate of drug-likeness (QED) is 0.345. The molecule has 0 nitrogen and oxygen atoms in total. The van der Waals surface area contributed by atoms with E-state index in [1.165, 1.54) is 12.8 Å². The molecule has 0 spiro atoms. The van der Waals surface area contributed by atoms with Crippen LogP contribution in [-0.4, -0.2) is 35.9 Å². The molecular weight excluding hydrogens is 172 g/mol. The second-order valence-electron chi connectivity index (χ2n) is 2.77. The summed E-state index contributed by atoms with van der Waals surface area (Å²) in [6.45, 7) is 2.31. The van der Waals surface area contributed by atoms with E-state index in [0.29, 0.717) is 9.04 Å². The molecule has 0 saturated heterocycles. The van der Waals surface area contributed by atoms with Crippen LogP contribution >= 0.6 is 0 Å². The Morgan fingerprint density at radius 2 is 2.11 bits per heavy atom. The maximum atomic E-state index is 2.31. The van der Waals surface area contributed by atoms with Crippen molar-refractivity contribution in [3.63, 3.8) is 0 Å². The van der Waals surface area contributed by atoms with Crippen LogP contribution in [0.3, 0.4) is 0 Å². The third kappa shape index (κ3) is 8.87. The Hall–Kier alpha value is 0.868. The van der Waals surface area contributed by atoms with Gasteiger partial charge in [0.05, 0.1) is 0 Å². The molecule has 0 saturated carbocycles. The molecule has 9 heavy (non-hydrogen) atoms. The minimum absolute atomic E-state index is 0.626. The molecule has 4 heteroatoms. The maximum Gasteiger partial charge on any atom is 0.00464 e. The van der Waals surface area contributed by atoms with Gasteiger partial charge in [0.2, 0.25) is 0 Å². The van der Waals surface area contributed by atoms with E-state index in [9.17, 15) is 0 Å². The standard InChI is InChI=1S/C5H20Si4/c1-2-3-4-5-7-9-8-6/h2-5,7-9H2,1,6H3. The largest absolute Gasteiger partial charge is 0.0655 e. The van der Waals surface area contributed by atoms with Crippen LogP contribution in [0.4, 0.5) is 0 Å². The summed E-state index contributed by atoms with van der Waals surface area (Å²) in [5, 5.41) is 0. The van der Waals surface area contributed by atoms with Crippen LogP contribution in [0, 0.1) is 0 Å². The number of unbranched alkanes of at least 4 members (excludes halogenated alkanes) is 2. The van der Waals surface area contributed by atoms with Gasteiger partial charge in [0.15, 0.2) is 0 Å². The van der Waals surface area contributed by atoms with E-state index in [1.54, 1.807) is 22.2 Å². The number of hydrogen-bond acceptors (Lipinski definition) is 0. The lowest BCUT2D eigenvalue weighted by atomic mass is 10.3. The summed E-state index contributed by atoms with van der Waals surface area (Å²) in [4.78, 5) is 0. The Kier molecular flexibility index (Phi) is 9.72. The second-order valence-corrected chi connectivity index (χ2v) is 28.5. The highest BCUT2D eigenvalue weighted by molar-refractivity contribution is 7.41. The van der Waals surface area contributed by atoms with Gasteiger partial charge in [-0.05, 0) is 26.9 Å². The molecule has 0 fully saturated rings. The fraction of sp³-hybridized carbons (Fsp3) is 1.00. The Balaban J connectivity index is 2.60. The van der Waals surface area contributed by atoms with Crippen molar-refractivity contribution in [2.24, 2.45) is 0 Å². The van der Waals surface area contributed by atoms with Gasteiger partial charge >= 0.3 is 0 Å². The average Bonchev–Trinajstić information content (AvgIpc) is 1.89. The van der Waals surface area contributed by atoms with Gasteiger partial charge in [0.25, 0.3) is 0 Å². The van der Waals surface area contributed by atoms with Crippen LogP contribution in [0.2, 0.25) is 6.04 Å². The Morgan fingerprint density at radius 3 is 2.67 bits per heavy atom. The predicted molar refractivity (Wildman–Crippen MR) is 59.9 cm³/mol. The zero-order valence-electron chi connectivity index (χ0n) is 6.95. The first-order chi connectivity index (χ1) is 4.41. The fourth-order valence-electron chi connectivity index (χ4n) is 1.03. The van der Waals surface area contributed by atoms with Crippen molar-refractivity contribution in [2.75, 3.05) is 0 Å². The molecule has 0 aliphatic heterocycles. The number of rotatable bonds is 6. The maximum absolute atomic E-state index is 2.31. The lowest BCUT2D eigenvalue weighted by Gasteiger charge is -1.94. The first kappa shape index (κ1) is 9.87. The van der Waals surface area contributed by atoms with E-state index < -0.39 is 0 Å². The highest BCUT2D eigenvalue weighted by Crippen LogP contribution is 1.96. The second kappa shape index (κ2) is 8.87. The molecule has 0 amide bonds. The van der Waals surface area contributed by atoms with Crippen LogP contribution in [-0.2, 0) is 0 Å². The van der Waals surface area contributed by atoms with Crippen molar-refractivity contribution in [2.45, 2.75) is 32.2 Å². The van der Waals surface area contributed by atoms with Crippen LogP contribution in [0.5, 0.6) is 0 Å². The van der Waals surface area contributed by atoms with Gasteiger partial charge in [-0.25, -0.2) is 0 Å². The molecule has 0 bridgehead atoms. The van der Waals surface area contributed by atoms with Crippen molar-refractivity contribution in [1.82, 2.24) is 0 Å². The van der Waals surface area contributed by atoms with Gasteiger partial charge in [-0.15, -0.1) is 0 Å². The van der Waals surface area contributed by atoms with Crippen molar-refractivity contribution >= 4 is 35.9 Å². The molecular formula is C5H20Si4. The molecule has 0 aromatic rings. The third-order valence-electron chi connectivity index (χ3n) is 1.71. The summed E-state index contributed by atoms with van der Waals surface area (Å²) in [5.41, 5.74) is 0. The summed E-state index contributed by atoms with van der Waals surface area (Å²) in [6.07, 6.45) is 4.53. The Labute approximate surface area is 68.5 Å². The molecule has 0 heterocycles. The minimum Gasteiger partial charge on any atom is -0.0655 e. The molecule has 0 aromatic heterocycles. The van der Waals surface area contributed by atoms with E-state index in [2.05, 4.69) is 6.92 Å². The molecule has 56 valence electrons. The zero-order chi connectivity index (χ0) is 6.95. The van der Waals surface area contributed by atoms with E-state index >= 15 is 0 Å². The van der Waals surface area contributed by atoms with Crippen LogP contribution in [0.15, 0.2) is 0 Å². The highest BCUT2D eigenvalue weighted by atomic mass is 29.7. The third-order valence-corrected chi connectivity index (χ3v) is 39.0. The van der Waals surface area contributed by atoms with Gasteiger partial charge in [-0.2, -0.15) is 0 Å². The average molecular weight is 193 g/mol. The molecule has 0 atom stereocenters. The van der Waals surface area contributed by atoms with E-state index in [4.69, 9.17) is 0 Å². The SMILES string of the molecule is CCCCC[SiH2][SiH2][SiH2][SiH3]. The van der Waals surface area contributed by atoms with E-state index in [-0.39, 0.29) is 0 Å². The lowest BCUT2D eigenvalue weighted by Crippen LogP contribution is -2.11. The monoisotopic (exact) mass is 192 g/mol. The van der Waals surface area contributed by atoms with E-state index in [0.717, 1.165) is 17.1 Å². The number of hydrogen-bond donors (Lipinski definition) is 0. The molecule has 0 aliphatic carbocycles. The fourth-order valence-corrected chi connectivity index (χ4v) is 27.4. The van der Waals surface area contributed by atoms with Crippen molar-refractivity contribution in [3.8, 4) is 0 Å². The first-order valence-electron chi connectivity index (χ1n) is 4.41. The summed E-state index contributed by atoms with van der Waals surface area (Å²) in [6, 6.07) is 1.72. The highest BCUT2D eigenvalue weighted by Gasteiger charge is 1.87. The van der Waals surface area contributed by atoms with Crippen LogP contribution in [0.25, 0.3) is 0 Å². The van der Waals surface area contributed by atoms with Gasteiger partial charge in [0, 0.05) is 9.04 Å². The van der Waals surface area contributed by atoms with E-state index in [1.807, 2.05) is 0 Å². The smallest absolute Gasteiger partial charge is 0.00464 e. The van der Waals surface area contributed by atoms with Crippen LogP contribution in [0.1, 0.15) is 26.2 Å². The first-order valence-corrected chi connectivity index (χ1v) is 19.1. The van der Waals surface area contributed by atoms with Gasteiger partial charge in [0.1, 0.15) is 0 Å². The molecule has 0 aromatic carbocycles. The van der Waals surface area contributed by atoms with Gasteiger partial charge < -0.3 is 0 Å². The van der Waals surface area contributed by atoms with Crippen LogP contribution < -0.4 is 0 Å².